The van der Waals surface area contributed by atoms with E-state index >= 15 is 0 Å². The van der Waals surface area contributed by atoms with Crippen molar-refractivity contribution in [3.63, 3.8) is 0 Å². The van der Waals surface area contributed by atoms with E-state index in [0.29, 0.717) is 19.4 Å². The first-order valence-corrected chi connectivity index (χ1v) is 6.55. The number of rotatable bonds is 6. The average molecular weight is 262 g/mol. The van der Waals surface area contributed by atoms with Crippen LogP contribution >= 0.6 is 11.3 Å². The van der Waals surface area contributed by atoms with E-state index in [4.69, 9.17) is 0 Å². The molecule has 0 aliphatic carbocycles. The molecule has 0 spiro atoms. The number of amides is 1. The van der Waals surface area contributed by atoms with Crippen LogP contribution in [0.3, 0.4) is 0 Å². The first kappa shape index (κ1) is 12.5. The number of hydrogen-bond acceptors (Lipinski definition) is 4. The lowest BCUT2D eigenvalue weighted by atomic mass is 10.3. The summed E-state index contributed by atoms with van der Waals surface area (Å²) in [5.41, 5.74) is 1.73. The molecule has 0 fully saturated rings. The van der Waals surface area contributed by atoms with E-state index in [1.165, 1.54) is 0 Å². The maximum absolute atomic E-state index is 11.4. The van der Waals surface area contributed by atoms with E-state index in [2.05, 4.69) is 22.2 Å². The highest BCUT2D eigenvalue weighted by molar-refractivity contribution is 7.08. The van der Waals surface area contributed by atoms with E-state index in [9.17, 15) is 4.79 Å². The zero-order chi connectivity index (χ0) is 12.8. The lowest BCUT2D eigenvalue weighted by molar-refractivity contribution is -0.121. The van der Waals surface area contributed by atoms with Crippen LogP contribution in [0, 0.1) is 0 Å². The molecule has 0 aliphatic heterocycles. The molecule has 2 aromatic heterocycles. The van der Waals surface area contributed by atoms with Crippen LogP contribution in [0.5, 0.6) is 0 Å². The van der Waals surface area contributed by atoms with Crippen molar-refractivity contribution in [3.05, 3.63) is 41.4 Å². The summed E-state index contributed by atoms with van der Waals surface area (Å²) in [6.45, 7) is 3.98. The van der Waals surface area contributed by atoms with E-state index in [-0.39, 0.29) is 5.91 Å². The molecule has 18 heavy (non-hydrogen) atoms. The van der Waals surface area contributed by atoms with Crippen LogP contribution in [0.25, 0.3) is 5.69 Å². The molecule has 0 atom stereocenters. The first-order valence-electron chi connectivity index (χ1n) is 5.61. The highest BCUT2D eigenvalue weighted by atomic mass is 32.1. The molecule has 0 aliphatic rings. The summed E-state index contributed by atoms with van der Waals surface area (Å²) in [6, 6.07) is 1.96. The van der Waals surface area contributed by atoms with E-state index < -0.39 is 0 Å². The Morgan fingerprint density at radius 3 is 3.22 bits per heavy atom. The van der Waals surface area contributed by atoms with Gasteiger partial charge in [0.25, 0.3) is 0 Å². The molecule has 2 rings (SSSR count). The molecule has 2 heterocycles. The van der Waals surface area contributed by atoms with Gasteiger partial charge in [-0.15, -0.1) is 11.7 Å². The fraction of sp³-hybridized carbons (Fsp3) is 0.250. The fourth-order valence-corrected chi connectivity index (χ4v) is 2.03. The van der Waals surface area contributed by atoms with Gasteiger partial charge >= 0.3 is 0 Å². The zero-order valence-electron chi connectivity index (χ0n) is 9.87. The van der Waals surface area contributed by atoms with Gasteiger partial charge < -0.3 is 5.32 Å². The molecular formula is C12H14N4OS. The van der Waals surface area contributed by atoms with Gasteiger partial charge in [0.1, 0.15) is 5.69 Å². The fourth-order valence-electron chi connectivity index (χ4n) is 1.40. The maximum atomic E-state index is 11.4. The molecule has 94 valence electrons. The van der Waals surface area contributed by atoms with Gasteiger partial charge in [0.15, 0.2) is 0 Å². The quantitative estimate of drug-likeness (QED) is 0.809. The van der Waals surface area contributed by atoms with Crippen molar-refractivity contribution in [2.75, 3.05) is 0 Å². The number of carbonyl (C=O) groups is 1. The standard InChI is InChI=1S/C12H14N4OS/c1-2-3-4-12(17)13-7-10-8-16(15-14-10)11-5-6-18-9-11/h2,5-6,8-9H,1,3-4,7H2,(H,13,17). The van der Waals surface area contributed by atoms with Crippen LogP contribution in [0.15, 0.2) is 35.7 Å². The molecule has 0 radical (unpaired) electrons. The number of hydrogen-bond donors (Lipinski definition) is 1. The largest absolute Gasteiger partial charge is 0.350 e. The zero-order valence-corrected chi connectivity index (χ0v) is 10.7. The summed E-state index contributed by atoms with van der Waals surface area (Å²) in [7, 11) is 0. The third kappa shape index (κ3) is 3.27. The lowest BCUT2D eigenvalue weighted by Crippen LogP contribution is -2.22. The van der Waals surface area contributed by atoms with Crippen LogP contribution in [-0.4, -0.2) is 20.9 Å². The van der Waals surface area contributed by atoms with Crippen LogP contribution in [-0.2, 0) is 11.3 Å². The van der Waals surface area contributed by atoms with E-state index in [1.807, 2.05) is 23.0 Å². The summed E-state index contributed by atoms with van der Waals surface area (Å²) in [4.78, 5) is 11.4. The van der Waals surface area contributed by atoms with Gasteiger partial charge in [0, 0.05) is 11.8 Å². The van der Waals surface area contributed by atoms with E-state index in [0.717, 1.165) is 11.4 Å². The molecule has 0 aromatic carbocycles. The molecule has 5 nitrogen and oxygen atoms in total. The predicted molar refractivity (Wildman–Crippen MR) is 70.5 cm³/mol. The van der Waals surface area contributed by atoms with Gasteiger partial charge in [-0.25, -0.2) is 4.68 Å². The molecule has 6 heteroatoms. The smallest absolute Gasteiger partial charge is 0.220 e. The SMILES string of the molecule is C=CCCC(=O)NCc1cn(-c2ccsc2)nn1. The minimum absolute atomic E-state index is 0.0000154. The van der Waals surface area contributed by atoms with Crippen molar-refractivity contribution < 1.29 is 4.79 Å². The monoisotopic (exact) mass is 262 g/mol. The van der Waals surface area contributed by atoms with Crippen molar-refractivity contribution in [2.24, 2.45) is 0 Å². The molecular weight excluding hydrogens is 248 g/mol. The van der Waals surface area contributed by atoms with Crippen LogP contribution in [0.1, 0.15) is 18.5 Å². The number of nitrogens with zero attached hydrogens (tertiary/aromatic N) is 3. The summed E-state index contributed by atoms with van der Waals surface area (Å²) in [5, 5.41) is 14.8. The average Bonchev–Trinajstić information content (AvgIpc) is 3.03. The van der Waals surface area contributed by atoms with Crippen molar-refractivity contribution in [3.8, 4) is 5.69 Å². The number of nitrogens with one attached hydrogen (secondary N) is 1. The summed E-state index contributed by atoms with van der Waals surface area (Å²) in [5.74, 6) is -0.0000154. The third-order valence-electron chi connectivity index (χ3n) is 2.35. The second-order valence-electron chi connectivity index (χ2n) is 3.74. The Balaban J connectivity index is 1.87. The third-order valence-corrected chi connectivity index (χ3v) is 3.02. The van der Waals surface area contributed by atoms with Crippen molar-refractivity contribution in [1.29, 1.82) is 0 Å². The van der Waals surface area contributed by atoms with Crippen molar-refractivity contribution in [1.82, 2.24) is 20.3 Å². The Morgan fingerprint density at radius 1 is 1.61 bits per heavy atom. The van der Waals surface area contributed by atoms with Gasteiger partial charge in [0.2, 0.25) is 5.91 Å². The number of thiophene rings is 1. The molecule has 1 N–H and O–H groups in total. The Kier molecular flexibility index (Phi) is 4.25. The Hall–Kier alpha value is -1.95. The topological polar surface area (TPSA) is 59.8 Å². The number of aromatic nitrogens is 3. The van der Waals surface area contributed by atoms with Gasteiger partial charge in [0.05, 0.1) is 18.4 Å². The predicted octanol–water partition coefficient (Wildman–Crippen LogP) is 1.91. The minimum Gasteiger partial charge on any atom is -0.350 e. The van der Waals surface area contributed by atoms with Gasteiger partial charge in [-0.1, -0.05) is 11.3 Å². The second kappa shape index (κ2) is 6.11. The summed E-state index contributed by atoms with van der Waals surface area (Å²) >= 11 is 1.60. The molecule has 0 bridgehead atoms. The minimum atomic E-state index is -0.0000154. The maximum Gasteiger partial charge on any atom is 0.220 e. The Morgan fingerprint density at radius 2 is 2.50 bits per heavy atom. The Bertz CT molecular complexity index is 518. The van der Waals surface area contributed by atoms with E-state index in [1.54, 1.807) is 22.1 Å². The molecule has 0 saturated heterocycles. The molecule has 2 aromatic rings. The highest BCUT2D eigenvalue weighted by Crippen LogP contribution is 2.10. The Labute approximate surface area is 109 Å². The second-order valence-corrected chi connectivity index (χ2v) is 4.52. The van der Waals surface area contributed by atoms with Gasteiger partial charge in [-0.2, -0.15) is 11.3 Å². The van der Waals surface area contributed by atoms with Gasteiger partial charge in [-0.05, 0) is 17.9 Å². The highest BCUT2D eigenvalue weighted by Gasteiger charge is 2.05. The molecule has 1 amide bonds. The molecule has 0 unspecified atom stereocenters. The van der Waals surface area contributed by atoms with Gasteiger partial charge in [-0.3, -0.25) is 4.79 Å². The summed E-state index contributed by atoms with van der Waals surface area (Å²) < 4.78 is 1.70. The first-order chi connectivity index (χ1) is 8.79. The van der Waals surface area contributed by atoms with Crippen molar-refractivity contribution in [2.45, 2.75) is 19.4 Å². The normalized spacial score (nSPS) is 10.2. The summed E-state index contributed by atoms with van der Waals surface area (Å²) in [6.07, 6.45) is 4.69. The van der Waals surface area contributed by atoms with Crippen LogP contribution in [0.2, 0.25) is 0 Å². The lowest BCUT2D eigenvalue weighted by Gasteiger charge is -2.00. The molecule has 0 saturated carbocycles. The number of carbonyl (C=O) groups excluding carboxylic acids is 1. The van der Waals surface area contributed by atoms with Crippen LogP contribution in [0.4, 0.5) is 0 Å². The van der Waals surface area contributed by atoms with Crippen LogP contribution < -0.4 is 5.32 Å². The number of allylic oxidation sites excluding steroid dienone is 1. The van der Waals surface area contributed by atoms with Crippen molar-refractivity contribution >= 4 is 17.2 Å².